The van der Waals surface area contributed by atoms with E-state index in [1.54, 1.807) is 13.0 Å². The number of amides is 1. The summed E-state index contributed by atoms with van der Waals surface area (Å²) in [5.41, 5.74) is 2.20. The summed E-state index contributed by atoms with van der Waals surface area (Å²) in [7, 11) is 0. The van der Waals surface area contributed by atoms with Crippen molar-refractivity contribution in [2.45, 2.75) is 76.6 Å². The fraction of sp³-hybridized carbons (Fsp3) is 0.593. The van der Waals surface area contributed by atoms with E-state index < -0.39 is 12.2 Å². The number of rotatable bonds is 11. The molecule has 0 saturated heterocycles. The largest absolute Gasteiger partial charge is 0.489 e. The first-order valence-electron chi connectivity index (χ1n) is 12.1. The highest BCUT2D eigenvalue weighted by molar-refractivity contribution is 5.75. The van der Waals surface area contributed by atoms with Gasteiger partial charge in [0.05, 0.1) is 12.2 Å². The lowest BCUT2D eigenvalue weighted by atomic mass is 9.86. The summed E-state index contributed by atoms with van der Waals surface area (Å²) < 4.78 is 6.30. The first-order chi connectivity index (χ1) is 16.0. The van der Waals surface area contributed by atoms with Crippen molar-refractivity contribution in [2.24, 2.45) is 11.8 Å². The molecule has 1 aromatic rings. The van der Waals surface area contributed by atoms with Gasteiger partial charge < -0.3 is 25.4 Å². The fourth-order valence-corrected chi connectivity index (χ4v) is 4.82. The van der Waals surface area contributed by atoms with Gasteiger partial charge in [0.1, 0.15) is 11.9 Å². The summed E-state index contributed by atoms with van der Waals surface area (Å²) in [6, 6.07) is 6.14. The highest BCUT2D eigenvalue weighted by Crippen LogP contribution is 2.52. The van der Waals surface area contributed by atoms with E-state index >= 15 is 0 Å². The minimum Gasteiger partial charge on any atom is -0.489 e. The number of carbonyl (C=O) groups is 1. The van der Waals surface area contributed by atoms with E-state index in [4.69, 9.17) is 9.84 Å². The van der Waals surface area contributed by atoms with Gasteiger partial charge in [-0.25, -0.2) is 0 Å². The average molecular weight is 456 g/mol. The Morgan fingerprint density at radius 3 is 2.94 bits per heavy atom. The van der Waals surface area contributed by atoms with Gasteiger partial charge in [0.25, 0.3) is 0 Å². The van der Waals surface area contributed by atoms with Gasteiger partial charge in [-0.3, -0.25) is 4.79 Å². The number of fused-ring (bicyclic) bond motifs is 3. The van der Waals surface area contributed by atoms with E-state index in [1.807, 2.05) is 25.1 Å². The molecule has 3 rings (SSSR count). The first-order valence-corrected chi connectivity index (χ1v) is 12.1. The molecular formula is C27H37NO5. The van der Waals surface area contributed by atoms with Crippen LogP contribution in [0.15, 0.2) is 30.4 Å². The van der Waals surface area contributed by atoms with E-state index in [-0.39, 0.29) is 36.4 Å². The maximum Gasteiger partial charge on any atom is 0.220 e. The van der Waals surface area contributed by atoms with Crippen LogP contribution in [0.1, 0.15) is 63.0 Å². The summed E-state index contributed by atoms with van der Waals surface area (Å²) in [6.07, 6.45) is 6.24. The first kappa shape index (κ1) is 25.3. The van der Waals surface area contributed by atoms with Crippen LogP contribution in [-0.2, 0) is 11.2 Å². The third kappa shape index (κ3) is 6.38. The highest BCUT2D eigenvalue weighted by Gasteiger charge is 2.48. The number of benzene rings is 1. The van der Waals surface area contributed by atoms with Crippen LogP contribution >= 0.6 is 0 Å². The number of hydrogen-bond donors (Lipinski definition) is 4. The smallest absolute Gasteiger partial charge is 0.220 e. The number of aryl methyl sites for hydroxylation is 1. The molecule has 6 nitrogen and oxygen atoms in total. The Hall–Kier alpha value is -2.33. The van der Waals surface area contributed by atoms with E-state index in [1.165, 1.54) is 0 Å². The molecule has 6 atom stereocenters. The molecular weight excluding hydrogens is 418 g/mol. The van der Waals surface area contributed by atoms with Crippen molar-refractivity contribution in [1.29, 1.82) is 0 Å². The minimum absolute atomic E-state index is 0.000146. The molecule has 33 heavy (non-hydrogen) atoms. The van der Waals surface area contributed by atoms with Gasteiger partial charge in [-0.15, -0.1) is 11.8 Å². The summed E-state index contributed by atoms with van der Waals surface area (Å²) in [5.74, 6) is 6.75. The van der Waals surface area contributed by atoms with Crippen molar-refractivity contribution < 1.29 is 24.9 Å². The molecule has 1 heterocycles. The number of aliphatic hydroxyl groups is 3. The predicted octanol–water partition coefficient (Wildman–Crippen LogP) is 2.70. The third-order valence-corrected chi connectivity index (χ3v) is 6.71. The molecule has 2 aliphatic rings. The van der Waals surface area contributed by atoms with Crippen molar-refractivity contribution in [3.05, 3.63) is 41.5 Å². The molecule has 4 N–H and O–H groups in total. The van der Waals surface area contributed by atoms with Gasteiger partial charge in [-0.2, -0.15) is 0 Å². The van der Waals surface area contributed by atoms with E-state index in [2.05, 4.69) is 23.2 Å². The van der Waals surface area contributed by atoms with Crippen LogP contribution in [0.5, 0.6) is 5.75 Å². The molecule has 6 heteroatoms. The SMILES string of the molecule is CC#CC[C@H](C)[C@H](O)C=C[C@@H]1[C@H]2c3cccc(CCCC(=O)NCCCO)c3O[C@H]2C[C@H]1O. The Morgan fingerprint density at radius 1 is 1.36 bits per heavy atom. The van der Waals surface area contributed by atoms with Crippen LogP contribution in [0.25, 0.3) is 0 Å². The summed E-state index contributed by atoms with van der Waals surface area (Å²) in [6.45, 7) is 4.34. The zero-order valence-electron chi connectivity index (χ0n) is 19.7. The molecule has 1 aromatic carbocycles. The van der Waals surface area contributed by atoms with Crippen LogP contribution in [0.3, 0.4) is 0 Å². The lowest BCUT2D eigenvalue weighted by Crippen LogP contribution is -2.24. The molecule has 1 aliphatic carbocycles. The molecule has 0 bridgehead atoms. The highest BCUT2D eigenvalue weighted by atomic mass is 16.5. The van der Waals surface area contributed by atoms with Crippen LogP contribution in [0, 0.1) is 23.7 Å². The molecule has 1 amide bonds. The second-order valence-corrected chi connectivity index (χ2v) is 9.16. The maximum atomic E-state index is 11.9. The van der Waals surface area contributed by atoms with Crippen LogP contribution in [-0.4, -0.2) is 52.7 Å². The second kappa shape index (κ2) is 12.2. The van der Waals surface area contributed by atoms with Gasteiger partial charge in [0.15, 0.2) is 0 Å². The number of carbonyl (C=O) groups excluding carboxylic acids is 1. The molecule has 1 aliphatic heterocycles. The molecule has 1 fully saturated rings. The normalized spacial score (nSPS) is 25.0. The molecule has 0 radical (unpaired) electrons. The van der Waals surface area contributed by atoms with Crippen LogP contribution < -0.4 is 10.1 Å². The zero-order valence-corrected chi connectivity index (χ0v) is 19.7. The number of ether oxygens (including phenoxy) is 1. The summed E-state index contributed by atoms with van der Waals surface area (Å²) >= 11 is 0. The number of hydrogen-bond acceptors (Lipinski definition) is 5. The lowest BCUT2D eigenvalue weighted by Gasteiger charge is -2.19. The van der Waals surface area contributed by atoms with E-state index in [9.17, 15) is 15.0 Å². The molecule has 180 valence electrons. The van der Waals surface area contributed by atoms with Crippen molar-refractivity contribution in [1.82, 2.24) is 5.32 Å². The monoisotopic (exact) mass is 455 g/mol. The van der Waals surface area contributed by atoms with Gasteiger partial charge >= 0.3 is 0 Å². The zero-order chi connectivity index (χ0) is 23.8. The summed E-state index contributed by atoms with van der Waals surface area (Å²) in [4.78, 5) is 11.9. The average Bonchev–Trinajstić information content (AvgIpc) is 3.31. The van der Waals surface area contributed by atoms with E-state index in [0.717, 1.165) is 29.7 Å². The van der Waals surface area contributed by atoms with E-state index in [0.29, 0.717) is 32.2 Å². The molecule has 0 unspecified atom stereocenters. The maximum absolute atomic E-state index is 11.9. The van der Waals surface area contributed by atoms with Crippen molar-refractivity contribution >= 4 is 5.91 Å². The molecule has 1 saturated carbocycles. The quantitative estimate of drug-likeness (QED) is 0.234. The van der Waals surface area contributed by atoms with Crippen LogP contribution in [0.2, 0.25) is 0 Å². The Bertz CT molecular complexity index is 886. The predicted molar refractivity (Wildman–Crippen MR) is 128 cm³/mol. The standard InChI is InChI=1S/C27H37NO5/c1-3-4-8-18(2)22(30)14-13-20-23(31)17-24-26(20)21-11-5-9-19(27(21)33-24)10-6-12-25(32)28-15-7-16-29/h5,9,11,13-14,18,20,22-24,26,29-31H,6-8,10,12,15-17H2,1-2H3,(H,28,32)/t18-,20-,22+,23+,24-,26-/m0/s1. The number of aliphatic hydroxyl groups excluding tert-OH is 3. The van der Waals surface area contributed by atoms with Crippen LogP contribution in [0.4, 0.5) is 0 Å². The lowest BCUT2D eigenvalue weighted by molar-refractivity contribution is -0.121. The van der Waals surface area contributed by atoms with Crippen molar-refractivity contribution in [3.8, 4) is 17.6 Å². The topological polar surface area (TPSA) is 99.0 Å². The van der Waals surface area contributed by atoms with Gasteiger partial charge in [0.2, 0.25) is 5.91 Å². The Morgan fingerprint density at radius 2 is 2.18 bits per heavy atom. The number of para-hydroxylation sites is 1. The second-order valence-electron chi connectivity index (χ2n) is 9.16. The minimum atomic E-state index is -0.603. The van der Waals surface area contributed by atoms with Crippen molar-refractivity contribution in [3.63, 3.8) is 0 Å². The fourth-order valence-electron chi connectivity index (χ4n) is 4.82. The molecule has 0 spiro atoms. The Kier molecular flexibility index (Phi) is 9.37. The third-order valence-electron chi connectivity index (χ3n) is 6.71. The van der Waals surface area contributed by atoms with Gasteiger partial charge in [0, 0.05) is 49.8 Å². The summed E-state index contributed by atoms with van der Waals surface area (Å²) in [5, 5.41) is 32.8. The Labute approximate surface area is 197 Å². The Balaban J connectivity index is 1.64. The van der Waals surface area contributed by atoms with Crippen molar-refractivity contribution in [2.75, 3.05) is 13.2 Å². The number of nitrogens with one attached hydrogen (secondary N) is 1. The van der Waals surface area contributed by atoms with Gasteiger partial charge in [-0.1, -0.05) is 37.3 Å². The molecule has 0 aromatic heterocycles. The van der Waals surface area contributed by atoms with Gasteiger partial charge in [-0.05, 0) is 37.7 Å².